The molecule has 0 heterocycles. The molecule has 0 rings (SSSR count). The Bertz CT molecular complexity index is 548. The van der Waals surface area contributed by atoms with E-state index in [1.807, 2.05) is 3.63 Å². The highest BCUT2D eigenvalue weighted by molar-refractivity contribution is 8.00. The van der Waals surface area contributed by atoms with E-state index in [1.165, 1.54) is 0 Å². The summed E-state index contributed by atoms with van der Waals surface area (Å²) in [7, 11) is -13.7. The molecule has 0 aromatic carbocycles. The van der Waals surface area contributed by atoms with Crippen LogP contribution in [-0.4, -0.2) is 38.3 Å². The number of carbonyl (C=O) groups excluding carboxylic acids is 2. The lowest BCUT2D eigenvalue weighted by Crippen LogP contribution is -2.34. The van der Waals surface area contributed by atoms with Gasteiger partial charge in [-0.15, -0.1) is 3.63 Å². The molecule has 0 saturated heterocycles. The molecule has 0 unspecified atom stereocenters. The third-order valence-corrected chi connectivity index (χ3v) is 3.91. The predicted molar refractivity (Wildman–Crippen MR) is 52.8 cm³/mol. The van der Waals surface area contributed by atoms with E-state index in [9.17, 15) is 52.8 Å². The molecule has 0 radical (unpaired) electrons. The molecule has 0 amide bonds. The van der Waals surface area contributed by atoms with Gasteiger partial charge in [0.25, 0.3) is 0 Å². The molecule has 0 aromatic heterocycles. The smallest absolute Gasteiger partial charge is 0.271 e. The second kappa shape index (κ2) is 7.08. The molecule has 0 aliphatic carbocycles. The Morgan fingerprint density at radius 2 is 0.905 bits per heavy atom. The summed E-state index contributed by atoms with van der Waals surface area (Å²) in [6, 6.07) is 0. The van der Waals surface area contributed by atoms with Crippen LogP contribution in [-0.2, 0) is 33.5 Å². The maximum atomic E-state index is 11.4. The van der Waals surface area contributed by atoms with Crippen molar-refractivity contribution in [3.8, 4) is 0 Å². The minimum absolute atomic E-state index is 1.14. The minimum atomic E-state index is -6.85. The van der Waals surface area contributed by atoms with Crippen molar-refractivity contribution >= 4 is 53.9 Å². The van der Waals surface area contributed by atoms with Gasteiger partial charge in [-0.1, -0.05) is 0 Å². The van der Waals surface area contributed by atoms with Crippen LogP contribution in [0.3, 0.4) is 0 Å². The van der Waals surface area contributed by atoms with Gasteiger partial charge in [-0.05, 0) is 23.2 Å². The summed E-state index contributed by atoms with van der Waals surface area (Å²) < 4.78 is 110. The first-order valence-electron chi connectivity index (χ1n) is 3.58. The SMILES string of the molecule is O=C(Cl)C(=O)Cl.O=S(=O)(OS(=O)(=O)C(F)(F)F)C(F)(F)F. The Hall–Kier alpha value is -0.640. The van der Waals surface area contributed by atoms with Gasteiger partial charge in [0, 0.05) is 0 Å². The zero-order chi connectivity index (χ0) is 17.9. The van der Waals surface area contributed by atoms with Crippen molar-refractivity contribution in [1.82, 2.24) is 0 Å². The molecule has 126 valence electrons. The third kappa shape index (κ3) is 7.79. The zero-order valence-corrected chi connectivity index (χ0v) is 11.8. The summed E-state index contributed by atoms with van der Waals surface area (Å²) in [6.45, 7) is 0. The molecular weight excluding hydrogens is 409 g/mol. The van der Waals surface area contributed by atoms with Crippen molar-refractivity contribution in [3.63, 3.8) is 0 Å². The van der Waals surface area contributed by atoms with Gasteiger partial charge in [0.05, 0.1) is 0 Å². The average Bonchev–Trinajstić information content (AvgIpc) is 2.12. The summed E-state index contributed by atoms with van der Waals surface area (Å²) in [5.74, 6) is 0. The molecule has 0 aliphatic heterocycles. The summed E-state index contributed by atoms with van der Waals surface area (Å²) in [5.41, 5.74) is -12.5. The van der Waals surface area contributed by atoms with Crippen LogP contribution in [0.4, 0.5) is 26.3 Å². The topological polar surface area (TPSA) is 112 Å². The standard InChI is InChI=1S/C2Cl2O2.C2F6O5S2/c3-1(5)2(4)6;3-1(4,5)14(9,10)13-15(11,12)2(6,7)8. The monoisotopic (exact) mass is 408 g/mol. The van der Waals surface area contributed by atoms with Crippen molar-refractivity contribution in [3.05, 3.63) is 0 Å². The Morgan fingerprint density at radius 3 is 1.00 bits per heavy atom. The number of halogens is 8. The maximum Gasteiger partial charge on any atom is 0.524 e. The van der Waals surface area contributed by atoms with Gasteiger partial charge in [-0.25, -0.2) is 0 Å². The number of rotatable bonds is 3. The summed E-state index contributed by atoms with van der Waals surface area (Å²) in [4.78, 5) is 18.9. The number of hydrogen-bond donors (Lipinski definition) is 0. The highest BCUT2D eigenvalue weighted by atomic mass is 35.5. The van der Waals surface area contributed by atoms with Crippen LogP contribution in [0.15, 0.2) is 0 Å². The molecule has 0 saturated carbocycles. The lowest BCUT2D eigenvalue weighted by atomic mass is 10.9. The van der Waals surface area contributed by atoms with Gasteiger partial charge in [-0.2, -0.15) is 43.2 Å². The molecule has 21 heavy (non-hydrogen) atoms. The Kier molecular flexibility index (Phi) is 7.63. The second-order valence-corrected chi connectivity index (χ2v) is 6.39. The van der Waals surface area contributed by atoms with Crippen LogP contribution in [0.5, 0.6) is 0 Å². The summed E-state index contributed by atoms with van der Waals surface area (Å²) >= 11 is 8.98. The molecule has 0 spiro atoms. The van der Waals surface area contributed by atoms with Crippen LogP contribution in [0.25, 0.3) is 0 Å². The molecule has 0 bridgehead atoms. The molecule has 17 heteroatoms. The van der Waals surface area contributed by atoms with Gasteiger partial charge in [-0.3, -0.25) is 9.59 Å². The Labute approximate surface area is 122 Å². The van der Waals surface area contributed by atoms with Crippen molar-refractivity contribution in [2.45, 2.75) is 11.0 Å². The number of carbonyl (C=O) groups is 2. The van der Waals surface area contributed by atoms with Crippen LogP contribution in [0.2, 0.25) is 0 Å². The largest absolute Gasteiger partial charge is 0.524 e. The summed E-state index contributed by atoms with van der Waals surface area (Å²) in [6.07, 6.45) is 0. The Morgan fingerprint density at radius 1 is 0.714 bits per heavy atom. The Balaban J connectivity index is 0. The molecule has 7 nitrogen and oxygen atoms in total. The first-order chi connectivity index (χ1) is 8.85. The number of hydrogen-bond acceptors (Lipinski definition) is 7. The average molecular weight is 409 g/mol. The fourth-order valence-electron chi connectivity index (χ4n) is 0.195. The first kappa shape index (κ1) is 22.6. The van der Waals surface area contributed by atoms with Crippen LogP contribution >= 0.6 is 23.2 Å². The third-order valence-electron chi connectivity index (χ3n) is 0.901. The van der Waals surface area contributed by atoms with Crippen molar-refractivity contribution < 1.29 is 56.4 Å². The minimum Gasteiger partial charge on any atom is -0.271 e. The summed E-state index contributed by atoms with van der Waals surface area (Å²) in [5, 5.41) is -2.28. The van der Waals surface area contributed by atoms with Gasteiger partial charge in [0.1, 0.15) is 0 Å². The highest BCUT2D eigenvalue weighted by Crippen LogP contribution is 2.32. The van der Waals surface area contributed by atoms with E-state index in [0.717, 1.165) is 0 Å². The molecular formula is C4Cl2F6O7S2. The zero-order valence-electron chi connectivity index (χ0n) is 8.70. The van der Waals surface area contributed by atoms with E-state index in [4.69, 9.17) is 0 Å². The van der Waals surface area contributed by atoms with Crippen LogP contribution < -0.4 is 0 Å². The van der Waals surface area contributed by atoms with E-state index < -0.39 is 41.7 Å². The highest BCUT2D eigenvalue weighted by Gasteiger charge is 2.57. The lowest BCUT2D eigenvalue weighted by Gasteiger charge is -2.09. The van der Waals surface area contributed by atoms with Crippen molar-refractivity contribution in [2.75, 3.05) is 0 Å². The fourth-order valence-corrected chi connectivity index (χ4v) is 1.76. The molecule has 0 aromatic rings. The van der Waals surface area contributed by atoms with Crippen LogP contribution in [0.1, 0.15) is 0 Å². The molecule has 0 fully saturated rings. The van der Waals surface area contributed by atoms with Gasteiger partial charge in [0.15, 0.2) is 0 Å². The molecule has 0 N–H and O–H groups in total. The molecule has 0 atom stereocenters. The normalized spacial score (nSPS) is 13.1. The van der Waals surface area contributed by atoms with Gasteiger partial charge >= 0.3 is 41.7 Å². The van der Waals surface area contributed by atoms with Crippen LogP contribution in [0, 0.1) is 0 Å². The van der Waals surface area contributed by atoms with E-state index >= 15 is 0 Å². The lowest BCUT2D eigenvalue weighted by molar-refractivity contribution is -0.127. The maximum absolute atomic E-state index is 11.4. The van der Waals surface area contributed by atoms with Gasteiger partial charge in [0.2, 0.25) is 0 Å². The van der Waals surface area contributed by atoms with E-state index in [-0.39, 0.29) is 0 Å². The van der Waals surface area contributed by atoms with Crippen molar-refractivity contribution in [2.24, 2.45) is 0 Å². The van der Waals surface area contributed by atoms with Crippen molar-refractivity contribution in [1.29, 1.82) is 0 Å². The van der Waals surface area contributed by atoms with E-state index in [2.05, 4.69) is 23.2 Å². The predicted octanol–water partition coefficient (Wildman–Crippen LogP) is 1.22. The fraction of sp³-hybridized carbons (Fsp3) is 0.500. The van der Waals surface area contributed by atoms with Gasteiger partial charge < -0.3 is 0 Å². The first-order valence-corrected chi connectivity index (χ1v) is 7.15. The molecule has 0 aliphatic rings. The second-order valence-electron chi connectivity index (χ2n) is 2.42. The quantitative estimate of drug-likeness (QED) is 0.298. The van der Waals surface area contributed by atoms with E-state index in [1.54, 1.807) is 0 Å². The number of alkyl halides is 6. The van der Waals surface area contributed by atoms with E-state index in [0.29, 0.717) is 0 Å².